The van der Waals surface area contributed by atoms with Crippen LogP contribution in [0.1, 0.15) is 12.0 Å². The van der Waals surface area contributed by atoms with Gasteiger partial charge in [0.25, 0.3) is 0 Å². The van der Waals surface area contributed by atoms with E-state index >= 15 is 0 Å². The van der Waals surface area contributed by atoms with Crippen molar-refractivity contribution in [2.45, 2.75) is 13.3 Å². The first-order chi connectivity index (χ1) is 7.38. The predicted molar refractivity (Wildman–Crippen MR) is 65.4 cm³/mol. The maximum atomic E-state index is 10.9. The third-order valence-electron chi connectivity index (χ3n) is 2.13. The average molecular weight is 243 g/mol. The summed E-state index contributed by atoms with van der Waals surface area (Å²) >= 11 is 0. The highest BCUT2D eigenvalue weighted by Gasteiger charge is 2.03. The van der Waals surface area contributed by atoms with Crippen molar-refractivity contribution >= 4 is 15.5 Å². The standard InChI is InChI=1S/C11H17NO3S/c1-9-4-5-10(12)8-11(9)15-6-3-7-16(2,13)14/h4-5,8H,3,6-7,12H2,1-2H3. The lowest BCUT2D eigenvalue weighted by atomic mass is 10.2. The molecule has 2 N–H and O–H groups in total. The molecule has 0 saturated carbocycles. The minimum atomic E-state index is -2.90. The fourth-order valence-corrected chi connectivity index (χ4v) is 1.92. The van der Waals surface area contributed by atoms with Gasteiger partial charge in [-0.25, -0.2) is 8.42 Å². The molecule has 90 valence electrons. The Balaban J connectivity index is 2.46. The molecule has 0 aliphatic heterocycles. The molecule has 0 radical (unpaired) electrons. The Bertz CT molecular complexity index is 454. The van der Waals surface area contributed by atoms with Crippen LogP contribution < -0.4 is 10.5 Å². The molecular weight excluding hydrogens is 226 g/mol. The Kier molecular flexibility index (Phi) is 4.18. The van der Waals surface area contributed by atoms with Crippen LogP contribution in [-0.4, -0.2) is 27.0 Å². The van der Waals surface area contributed by atoms with Gasteiger partial charge in [0.05, 0.1) is 12.4 Å². The van der Waals surface area contributed by atoms with Crippen LogP contribution in [0.5, 0.6) is 5.75 Å². The predicted octanol–water partition coefficient (Wildman–Crippen LogP) is 1.39. The summed E-state index contributed by atoms with van der Waals surface area (Å²) < 4.78 is 27.2. The van der Waals surface area contributed by atoms with Gasteiger partial charge >= 0.3 is 0 Å². The topological polar surface area (TPSA) is 69.4 Å². The summed E-state index contributed by atoms with van der Waals surface area (Å²) in [4.78, 5) is 0. The lowest BCUT2D eigenvalue weighted by molar-refractivity contribution is 0.316. The van der Waals surface area contributed by atoms with Crippen LogP contribution >= 0.6 is 0 Å². The van der Waals surface area contributed by atoms with Crippen molar-refractivity contribution in [1.29, 1.82) is 0 Å². The molecule has 0 heterocycles. The highest BCUT2D eigenvalue weighted by molar-refractivity contribution is 7.90. The molecule has 1 aromatic carbocycles. The van der Waals surface area contributed by atoms with Gasteiger partial charge in [-0.1, -0.05) is 6.07 Å². The third-order valence-corrected chi connectivity index (χ3v) is 3.16. The van der Waals surface area contributed by atoms with E-state index in [9.17, 15) is 8.42 Å². The molecule has 0 spiro atoms. The van der Waals surface area contributed by atoms with Crippen LogP contribution in [0.25, 0.3) is 0 Å². The summed E-state index contributed by atoms with van der Waals surface area (Å²) in [7, 11) is -2.90. The second-order valence-electron chi connectivity index (χ2n) is 3.86. The summed E-state index contributed by atoms with van der Waals surface area (Å²) in [5, 5.41) is 0. The van der Waals surface area contributed by atoms with Gasteiger partial charge in [-0.15, -0.1) is 0 Å². The van der Waals surface area contributed by atoms with Crippen LogP contribution in [0.3, 0.4) is 0 Å². The molecule has 0 saturated heterocycles. The van der Waals surface area contributed by atoms with Gasteiger partial charge in [-0.05, 0) is 25.0 Å². The van der Waals surface area contributed by atoms with Gasteiger partial charge in [-0.3, -0.25) is 0 Å². The van der Waals surface area contributed by atoms with Crippen LogP contribution in [0.2, 0.25) is 0 Å². The Morgan fingerprint density at radius 1 is 1.38 bits per heavy atom. The molecule has 0 fully saturated rings. The van der Waals surface area contributed by atoms with E-state index in [1.54, 1.807) is 12.1 Å². The van der Waals surface area contributed by atoms with Gasteiger partial charge in [-0.2, -0.15) is 0 Å². The van der Waals surface area contributed by atoms with Crippen molar-refractivity contribution in [3.63, 3.8) is 0 Å². The number of benzene rings is 1. The summed E-state index contributed by atoms with van der Waals surface area (Å²) in [6.45, 7) is 2.31. The summed E-state index contributed by atoms with van der Waals surface area (Å²) in [5.74, 6) is 0.863. The van der Waals surface area contributed by atoms with Crippen molar-refractivity contribution in [3.05, 3.63) is 23.8 Å². The number of ether oxygens (including phenoxy) is 1. The fraction of sp³-hybridized carbons (Fsp3) is 0.455. The lowest BCUT2D eigenvalue weighted by Gasteiger charge is -2.09. The normalized spacial score (nSPS) is 11.4. The molecule has 0 aliphatic carbocycles. The zero-order chi connectivity index (χ0) is 12.2. The number of hydrogen-bond donors (Lipinski definition) is 1. The number of aryl methyl sites for hydroxylation is 1. The molecule has 0 aromatic heterocycles. The first-order valence-corrected chi connectivity index (χ1v) is 7.11. The van der Waals surface area contributed by atoms with Gasteiger partial charge in [0.1, 0.15) is 15.6 Å². The Morgan fingerprint density at radius 2 is 2.06 bits per heavy atom. The van der Waals surface area contributed by atoms with E-state index in [0.29, 0.717) is 24.5 Å². The maximum Gasteiger partial charge on any atom is 0.147 e. The van der Waals surface area contributed by atoms with Crippen molar-refractivity contribution in [3.8, 4) is 5.75 Å². The fourth-order valence-electron chi connectivity index (χ4n) is 1.28. The SMILES string of the molecule is Cc1ccc(N)cc1OCCCS(C)(=O)=O. The number of anilines is 1. The molecule has 1 rings (SSSR count). The van der Waals surface area contributed by atoms with Crippen molar-refractivity contribution in [2.24, 2.45) is 0 Å². The Hall–Kier alpha value is -1.23. The second kappa shape index (κ2) is 5.21. The van der Waals surface area contributed by atoms with E-state index in [-0.39, 0.29) is 5.75 Å². The number of sulfone groups is 1. The largest absolute Gasteiger partial charge is 0.493 e. The molecular formula is C11H17NO3S. The van der Waals surface area contributed by atoms with Gasteiger partial charge < -0.3 is 10.5 Å². The smallest absolute Gasteiger partial charge is 0.147 e. The Morgan fingerprint density at radius 3 is 2.69 bits per heavy atom. The van der Waals surface area contributed by atoms with E-state index in [4.69, 9.17) is 10.5 Å². The van der Waals surface area contributed by atoms with Crippen LogP contribution in [0, 0.1) is 6.92 Å². The third kappa shape index (κ3) is 4.53. The van der Waals surface area contributed by atoms with E-state index in [0.717, 1.165) is 5.56 Å². The van der Waals surface area contributed by atoms with E-state index in [1.165, 1.54) is 6.26 Å². The molecule has 5 heteroatoms. The summed E-state index contributed by atoms with van der Waals surface area (Å²) in [5.41, 5.74) is 7.26. The lowest BCUT2D eigenvalue weighted by Crippen LogP contribution is -2.08. The van der Waals surface area contributed by atoms with E-state index in [1.807, 2.05) is 13.0 Å². The quantitative estimate of drug-likeness (QED) is 0.626. The Labute approximate surface area is 96.3 Å². The first-order valence-electron chi connectivity index (χ1n) is 5.05. The zero-order valence-corrected chi connectivity index (χ0v) is 10.4. The number of nitrogens with two attached hydrogens (primary N) is 1. The summed E-state index contributed by atoms with van der Waals surface area (Å²) in [6, 6.07) is 5.43. The van der Waals surface area contributed by atoms with Gasteiger partial charge in [0.2, 0.25) is 0 Å². The van der Waals surface area contributed by atoms with Crippen LogP contribution in [0.15, 0.2) is 18.2 Å². The number of rotatable bonds is 5. The monoisotopic (exact) mass is 243 g/mol. The molecule has 0 bridgehead atoms. The van der Waals surface area contributed by atoms with Crippen molar-refractivity contribution < 1.29 is 13.2 Å². The van der Waals surface area contributed by atoms with E-state index in [2.05, 4.69) is 0 Å². The molecule has 1 aromatic rings. The number of hydrogen-bond acceptors (Lipinski definition) is 4. The minimum absolute atomic E-state index is 0.147. The second-order valence-corrected chi connectivity index (χ2v) is 6.12. The molecule has 0 amide bonds. The molecule has 0 atom stereocenters. The zero-order valence-electron chi connectivity index (χ0n) is 9.56. The highest BCUT2D eigenvalue weighted by atomic mass is 32.2. The number of nitrogen functional groups attached to an aromatic ring is 1. The molecule has 0 aliphatic rings. The van der Waals surface area contributed by atoms with Crippen LogP contribution in [0.4, 0.5) is 5.69 Å². The summed E-state index contributed by atoms with van der Waals surface area (Å²) in [6.07, 6.45) is 1.71. The van der Waals surface area contributed by atoms with E-state index < -0.39 is 9.84 Å². The molecule has 16 heavy (non-hydrogen) atoms. The van der Waals surface area contributed by atoms with Crippen molar-refractivity contribution in [1.82, 2.24) is 0 Å². The van der Waals surface area contributed by atoms with Crippen LogP contribution in [-0.2, 0) is 9.84 Å². The van der Waals surface area contributed by atoms with Gasteiger partial charge in [0.15, 0.2) is 0 Å². The first kappa shape index (κ1) is 12.8. The minimum Gasteiger partial charge on any atom is -0.493 e. The highest BCUT2D eigenvalue weighted by Crippen LogP contribution is 2.20. The van der Waals surface area contributed by atoms with Gasteiger partial charge in [0, 0.05) is 18.0 Å². The maximum absolute atomic E-state index is 10.9. The average Bonchev–Trinajstić information content (AvgIpc) is 2.16. The molecule has 0 unspecified atom stereocenters. The molecule has 4 nitrogen and oxygen atoms in total. The van der Waals surface area contributed by atoms with Crippen molar-refractivity contribution in [2.75, 3.05) is 24.3 Å².